The average Bonchev–Trinajstić information content (AvgIpc) is 2.05. The summed E-state index contributed by atoms with van der Waals surface area (Å²) in [7, 11) is 0. The summed E-state index contributed by atoms with van der Waals surface area (Å²) < 4.78 is 5.15. The molecule has 0 aromatic rings. The molecule has 0 heterocycles. The van der Waals surface area contributed by atoms with Gasteiger partial charge in [0.2, 0.25) is 0 Å². The van der Waals surface area contributed by atoms with Crippen molar-refractivity contribution in [1.29, 1.82) is 0 Å². The average molecular weight is 264 g/mol. The molecule has 0 aliphatic heterocycles. The monoisotopic (exact) mass is 264 g/mol. The van der Waals surface area contributed by atoms with Gasteiger partial charge in [-0.3, -0.25) is 0 Å². The fourth-order valence-electron chi connectivity index (χ4n) is 0.679. The van der Waals surface area contributed by atoms with Crippen LogP contribution in [0.15, 0.2) is 0 Å². The van der Waals surface area contributed by atoms with Gasteiger partial charge in [-0.05, 0) is 18.6 Å². The molecule has 0 N–H and O–H groups in total. The Hall–Kier alpha value is 1.92. The summed E-state index contributed by atoms with van der Waals surface area (Å²) in [5, 5.41) is 0. The van der Waals surface area contributed by atoms with Gasteiger partial charge in [0.25, 0.3) is 0 Å². The van der Waals surface area contributed by atoms with Crippen LogP contribution < -0.4 is 34.5 Å². The van der Waals surface area contributed by atoms with Crippen molar-refractivity contribution >= 4 is 28.9 Å². The third kappa shape index (κ3) is 12.0. The Morgan fingerprint density at radius 3 is 2.36 bits per heavy atom. The summed E-state index contributed by atoms with van der Waals surface area (Å²) in [6, 6.07) is 0. The second-order valence-corrected chi connectivity index (χ2v) is 8.99. The molecule has 0 fully saturated rings. The van der Waals surface area contributed by atoms with Gasteiger partial charge in [-0.25, -0.2) is 0 Å². The van der Waals surface area contributed by atoms with E-state index in [1.807, 2.05) is 0 Å². The molecule has 1 atom stereocenters. The van der Waals surface area contributed by atoms with Gasteiger partial charge in [-0.2, -0.15) is 0 Å². The number of hydrogen-bond donors (Lipinski definition) is 0. The zero-order chi connectivity index (χ0) is 10.2. The van der Waals surface area contributed by atoms with Crippen molar-refractivity contribution in [2.24, 2.45) is 0 Å². The van der Waals surface area contributed by atoms with Gasteiger partial charge in [-0.15, -0.1) is 11.4 Å². The maximum atomic E-state index is 11.5. The molecule has 0 saturated heterocycles. The first-order valence-corrected chi connectivity index (χ1v) is 8.95. The molecule has 0 saturated carbocycles. The standard InChI is InChI=1S/C8H19O2PS2.Na/c1-3-5-7-10-11(9,12)13-8-6-4-2;/h3-8H2,1-2H3,(H,9,12);/q;+1/p-1. The topological polar surface area (TPSA) is 32.3 Å². The molecule has 0 radical (unpaired) electrons. The molecule has 0 aromatic carbocycles. The molecule has 2 nitrogen and oxygen atoms in total. The van der Waals surface area contributed by atoms with E-state index < -0.39 is 5.69 Å². The molecular formula is C8H18NaO2PS2. The Balaban J connectivity index is 0. The van der Waals surface area contributed by atoms with E-state index in [1.54, 1.807) is 0 Å². The predicted molar refractivity (Wildman–Crippen MR) is 62.5 cm³/mol. The van der Waals surface area contributed by atoms with Gasteiger partial charge >= 0.3 is 29.6 Å². The van der Waals surface area contributed by atoms with Crippen LogP contribution in [0, 0.1) is 0 Å². The molecule has 80 valence electrons. The fraction of sp³-hybridized carbons (Fsp3) is 1.00. The minimum atomic E-state index is -2.75. The van der Waals surface area contributed by atoms with E-state index >= 15 is 0 Å². The summed E-state index contributed by atoms with van der Waals surface area (Å²) in [6.45, 7) is 4.71. The number of unbranched alkanes of at least 4 members (excludes halogenated alkanes) is 2. The normalized spacial score (nSPS) is 14.5. The second-order valence-electron chi connectivity index (χ2n) is 2.82. The van der Waals surface area contributed by atoms with Crippen LogP contribution in [-0.2, 0) is 16.3 Å². The van der Waals surface area contributed by atoms with Crippen molar-refractivity contribution < 1.29 is 39.0 Å². The van der Waals surface area contributed by atoms with Crippen LogP contribution >= 0.6 is 17.1 Å². The molecule has 0 aliphatic rings. The molecule has 0 amide bonds. The third-order valence-electron chi connectivity index (χ3n) is 1.49. The van der Waals surface area contributed by atoms with Crippen molar-refractivity contribution in [3.63, 3.8) is 0 Å². The van der Waals surface area contributed by atoms with Gasteiger partial charge in [0.15, 0.2) is 0 Å². The van der Waals surface area contributed by atoms with Crippen molar-refractivity contribution in [1.82, 2.24) is 0 Å². The Kier molecular flexibility index (Phi) is 14.9. The molecule has 0 aliphatic carbocycles. The smallest absolute Gasteiger partial charge is 0.793 e. The van der Waals surface area contributed by atoms with E-state index in [0.717, 1.165) is 31.4 Å². The molecule has 1 unspecified atom stereocenters. The van der Waals surface area contributed by atoms with Crippen LogP contribution in [0.1, 0.15) is 39.5 Å². The maximum absolute atomic E-state index is 11.5. The van der Waals surface area contributed by atoms with E-state index in [2.05, 4.69) is 13.8 Å². The van der Waals surface area contributed by atoms with Crippen molar-refractivity contribution in [2.45, 2.75) is 39.5 Å². The predicted octanol–water partition coefficient (Wildman–Crippen LogP) is -0.0748. The van der Waals surface area contributed by atoms with Gasteiger partial charge in [0, 0.05) is 5.69 Å². The number of hydrogen-bond acceptors (Lipinski definition) is 4. The molecule has 0 rings (SSSR count). The van der Waals surface area contributed by atoms with Gasteiger partial charge < -0.3 is 9.42 Å². The molecule has 0 bridgehead atoms. The Labute approximate surface area is 119 Å². The maximum Gasteiger partial charge on any atom is 1.00 e. The van der Waals surface area contributed by atoms with Crippen LogP contribution in [-0.4, -0.2) is 12.4 Å². The Bertz CT molecular complexity index is 155. The van der Waals surface area contributed by atoms with Crippen molar-refractivity contribution in [2.75, 3.05) is 12.4 Å². The fourth-order valence-corrected chi connectivity index (χ4v) is 4.15. The van der Waals surface area contributed by atoms with E-state index in [0.29, 0.717) is 6.61 Å². The summed E-state index contributed by atoms with van der Waals surface area (Å²) in [6.07, 6.45) is 4.16. The van der Waals surface area contributed by atoms with Gasteiger partial charge in [0.1, 0.15) is 0 Å². The quantitative estimate of drug-likeness (QED) is 0.349. The van der Waals surface area contributed by atoms with E-state index in [9.17, 15) is 4.89 Å². The minimum absolute atomic E-state index is 0. The third-order valence-corrected chi connectivity index (χ3v) is 5.86. The van der Waals surface area contributed by atoms with Crippen molar-refractivity contribution in [3.8, 4) is 0 Å². The zero-order valence-corrected chi connectivity index (χ0v) is 13.9. The summed E-state index contributed by atoms with van der Waals surface area (Å²) in [5.74, 6) is 0.851. The first kappa shape index (κ1) is 18.3. The molecule has 14 heavy (non-hydrogen) atoms. The molecule has 0 aromatic heterocycles. The minimum Gasteiger partial charge on any atom is -0.793 e. The Morgan fingerprint density at radius 2 is 1.86 bits per heavy atom. The first-order chi connectivity index (χ1) is 6.12. The van der Waals surface area contributed by atoms with Gasteiger partial charge in [0.05, 0.1) is 6.61 Å². The van der Waals surface area contributed by atoms with Crippen LogP contribution in [0.3, 0.4) is 0 Å². The number of rotatable bonds is 8. The SMILES string of the molecule is CCCCOP([O-])(=S)SCCCC.[Na+]. The van der Waals surface area contributed by atoms with Crippen LogP contribution in [0.25, 0.3) is 0 Å². The van der Waals surface area contributed by atoms with Crippen LogP contribution in [0.4, 0.5) is 0 Å². The zero-order valence-electron chi connectivity index (χ0n) is 9.32. The van der Waals surface area contributed by atoms with E-state index in [-0.39, 0.29) is 29.6 Å². The van der Waals surface area contributed by atoms with Crippen molar-refractivity contribution in [3.05, 3.63) is 0 Å². The van der Waals surface area contributed by atoms with Crippen LogP contribution in [0.2, 0.25) is 0 Å². The second kappa shape index (κ2) is 11.4. The van der Waals surface area contributed by atoms with E-state index in [4.69, 9.17) is 16.3 Å². The van der Waals surface area contributed by atoms with E-state index in [1.165, 1.54) is 11.4 Å². The largest absolute Gasteiger partial charge is 1.00 e. The summed E-state index contributed by atoms with van der Waals surface area (Å²) >= 11 is 6.17. The summed E-state index contributed by atoms with van der Waals surface area (Å²) in [5.41, 5.74) is -2.75. The molecule has 0 spiro atoms. The van der Waals surface area contributed by atoms with Gasteiger partial charge in [-0.1, -0.05) is 38.5 Å². The first-order valence-electron chi connectivity index (χ1n) is 4.72. The summed E-state index contributed by atoms with van der Waals surface area (Å²) in [4.78, 5) is 11.5. The van der Waals surface area contributed by atoms with Crippen LogP contribution in [0.5, 0.6) is 0 Å². The Morgan fingerprint density at radius 1 is 1.29 bits per heavy atom. The molecule has 6 heteroatoms. The molecular weight excluding hydrogens is 246 g/mol.